The number of hydrogen-bond donors (Lipinski definition) is 3. The fraction of sp³-hybridized carbons (Fsp3) is 0.130. The van der Waals surface area contributed by atoms with E-state index in [0.717, 1.165) is 11.1 Å². The zero-order chi connectivity index (χ0) is 21.1. The van der Waals surface area contributed by atoms with Crippen LogP contribution in [0.1, 0.15) is 35.3 Å². The highest BCUT2D eigenvalue weighted by atomic mass is 16.2. The highest BCUT2D eigenvalue weighted by Crippen LogP contribution is 2.23. The quantitative estimate of drug-likeness (QED) is 0.478. The first-order chi connectivity index (χ1) is 14.6. The van der Waals surface area contributed by atoms with Gasteiger partial charge in [0.1, 0.15) is 5.65 Å². The van der Waals surface area contributed by atoms with E-state index in [-0.39, 0.29) is 22.6 Å². The second-order valence-corrected chi connectivity index (χ2v) is 6.90. The number of carbonyl (C=O) groups excluding carboxylic acids is 1. The maximum Gasteiger partial charge on any atom is 0.327 e. The third-order valence-corrected chi connectivity index (χ3v) is 4.94. The molecule has 2 heterocycles. The zero-order valence-corrected chi connectivity index (χ0v) is 16.3. The molecule has 0 aliphatic rings. The molecule has 7 nitrogen and oxygen atoms in total. The molecule has 2 aromatic heterocycles. The minimum absolute atomic E-state index is 0.0506. The van der Waals surface area contributed by atoms with Gasteiger partial charge in [0.15, 0.2) is 0 Å². The summed E-state index contributed by atoms with van der Waals surface area (Å²) in [5, 5.41) is 3.05. The molecule has 2 aromatic carbocycles. The summed E-state index contributed by atoms with van der Waals surface area (Å²) in [4.78, 5) is 46.7. The van der Waals surface area contributed by atoms with Crippen LogP contribution in [0.4, 0.5) is 0 Å². The van der Waals surface area contributed by atoms with Crippen molar-refractivity contribution in [3.63, 3.8) is 0 Å². The molecular weight excluding hydrogens is 380 g/mol. The molecule has 0 spiro atoms. The van der Waals surface area contributed by atoms with E-state index in [0.29, 0.717) is 12.1 Å². The fourth-order valence-corrected chi connectivity index (χ4v) is 3.45. The van der Waals surface area contributed by atoms with Crippen molar-refractivity contribution in [3.8, 4) is 11.3 Å². The summed E-state index contributed by atoms with van der Waals surface area (Å²) < 4.78 is 0. The minimum Gasteiger partial charge on any atom is -0.345 e. The average Bonchev–Trinajstić information content (AvgIpc) is 2.77. The molecule has 0 saturated heterocycles. The van der Waals surface area contributed by atoms with E-state index in [2.05, 4.69) is 20.3 Å². The normalized spacial score (nSPS) is 11.9. The molecule has 4 aromatic rings. The molecule has 150 valence electrons. The molecule has 0 saturated carbocycles. The number of hydrogen-bond acceptors (Lipinski definition) is 4. The second kappa shape index (κ2) is 8.16. The number of nitrogens with zero attached hydrogens (tertiary/aromatic N) is 1. The van der Waals surface area contributed by atoms with E-state index in [1.54, 1.807) is 6.07 Å². The van der Waals surface area contributed by atoms with E-state index in [1.165, 1.54) is 0 Å². The average molecular weight is 400 g/mol. The molecule has 30 heavy (non-hydrogen) atoms. The number of nitrogens with one attached hydrogen (secondary N) is 3. The van der Waals surface area contributed by atoms with Crippen LogP contribution in [0.15, 0.2) is 76.3 Å². The number of benzene rings is 2. The van der Waals surface area contributed by atoms with Gasteiger partial charge in [-0.1, -0.05) is 67.6 Å². The highest BCUT2D eigenvalue weighted by Gasteiger charge is 2.20. The van der Waals surface area contributed by atoms with Gasteiger partial charge in [-0.2, -0.15) is 0 Å². The molecule has 1 amide bonds. The minimum atomic E-state index is -0.674. The third kappa shape index (κ3) is 3.77. The fourth-order valence-electron chi connectivity index (χ4n) is 3.45. The number of aromatic amines is 2. The summed E-state index contributed by atoms with van der Waals surface area (Å²) in [5.74, 6) is -0.409. The number of H-pyrrole nitrogens is 2. The summed E-state index contributed by atoms with van der Waals surface area (Å²) in [7, 11) is 0. The van der Waals surface area contributed by atoms with Crippen molar-refractivity contribution >= 4 is 16.9 Å². The standard InChI is InChI=1S/C23H20N4O3/c1-2-17(14-9-5-3-6-10-14)25-21(28)16-13-18(15-11-7-4-8-12-15)24-20-19(16)22(29)27-23(30)26-20/h3-13,17H,2H2,1H3,(H,25,28)(H2,24,26,27,29,30). The Morgan fingerprint density at radius 3 is 2.33 bits per heavy atom. The van der Waals surface area contributed by atoms with Gasteiger partial charge in [0.2, 0.25) is 0 Å². The van der Waals surface area contributed by atoms with Crippen molar-refractivity contribution < 1.29 is 4.79 Å². The van der Waals surface area contributed by atoms with Crippen LogP contribution in [0.5, 0.6) is 0 Å². The van der Waals surface area contributed by atoms with Crippen LogP contribution in [0.3, 0.4) is 0 Å². The SMILES string of the molecule is CCC(NC(=O)c1cc(-c2ccccc2)nc2[nH]c(=O)[nH]c(=O)c12)c1ccccc1. The van der Waals surface area contributed by atoms with Gasteiger partial charge >= 0.3 is 5.69 Å². The first kappa shape index (κ1) is 19.3. The monoisotopic (exact) mass is 400 g/mol. The van der Waals surface area contributed by atoms with Gasteiger partial charge in [0.05, 0.1) is 22.7 Å². The summed E-state index contributed by atoms with van der Waals surface area (Å²) in [6.07, 6.45) is 0.678. The lowest BCUT2D eigenvalue weighted by atomic mass is 10.0. The van der Waals surface area contributed by atoms with Gasteiger partial charge in [-0.25, -0.2) is 9.78 Å². The zero-order valence-electron chi connectivity index (χ0n) is 16.3. The van der Waals surface area contributed by atoms with Gasteiger partial charge in [-0.3, -0.25) is 19.6 Å². The van der Waals surface area contributed by atoms with Crippen molar-refractivity contribution in [3.05, 3.63) is 98.7 Å². The Bertz CT molecular complexity index is 1310. The number of carbonyl (C=O) groups is 1. The number of amides is 1. The number of fused-ring (bicyclic) bond motifs is 1. The van der Waals surface area contributed by atoms with Crippen molar-refractivity contribution in [2.24, 2.45) is 0 Å². The third-order valence-electron chi connectivity index (χ3n) is 4.94. The van der Waals surface area contributed by atoms with Gasteiger partial charge in [-0.05, 0) is 18.1 Å². The van der Waals surface area contributed by atoms with E-state index < -0.39 is 17.2 Å². The van der Waals surface area contributed by atoms with Crippen LogP contribution in [-0.2, 0) is 0 Å². The Hall–Kier alpha value is -4.00. The summed E-state index contributed by atoms with van der Waals surface area (Å²) in [5.41, 5.74) is 1.13. The first-order valence-electron chi connectivity index (χ1n) is 9.65. The van der Waals surface area contributed by atoms with Gasteiger partial charge < -0.3 is 5.32 Å². The van der Waals surface area contributed by atoms with Crippen molar-refractivity contribution in [2.75, 3.05) is 0 Å². The molecule has 0 aliphatic carbocycles. The van der Waals surface area contributed by atoms with Crippen LogP contribution in [0.25, 0.3) is 22.3 Å². The number of rotatable bonds is 5. The summed E-state index contributed by atoms with van der Waals surface area (Å²) in [6, 6.07) is 20.3. The Morgan fingerprint density at radius 1 is 1.00 bits per heavy atom. The Kier molecular flexibility index (Phi) is 5.26. The molecule has 0 bridgehead atoms. The van der Waals surface area contributed by atoms with Gasteiger partial charge in [0.25, 0.3) is 11.5 Å². The maximum atomic E-state index is 13.2. The van der Waals surface area contributed by atoms with Crippen molar-refractivity contribution in [2.45, 2.75) is 19.4 Å². The molecule has 0 aliphatic heterocycles. The summed E-state index contributed by atoms with van der Waals surface area (Å²) >= 11 is 0. The maximum absolute atomic E-state index is 13.2. The van der Waals surface area contributed by atoms with Crippen molar-refractivity contribution in [1.82, 2.24) is 20.3 Å². The number of aromatic nitrogens is 3. The van der Waals surface area contributed by atoms with E-state index >= 15 is 0 Å². The predicted octanol–water partition coefficient (Wildman–Crippen LogP) is 3.16. The lowest BCUT2D eigenvalue weighted by Gasteiger charge is -2.18. The topological polar surface area (TPSA) is 108 Å². The molecule has 0 fully saturated rings. The Balaban J connectivity index is 1.85. The van der Waals surface area contributed by atoms with Gasteiger partial charge in [-0.15, -0.1) is 0 Å². The molecule has 3 N–H and O–H groups in total. The largest absolute Gasteiger partial charge is 0.345 e. The lowest BCUT2D eigenvalue weighted by Crippen LogP contribution is -2.31. The predicted molar refractivity (Wildman–Crippen MR) is 115 cm³/mol. The molecule has 4 rings (SSSR count). The van der Waals surface area contributed by atoms with E-state index in [1.807, 2.05) is 67.6 Å². The smallest absolute Gasteiger partial charge is 0.327 e. The molecule has 7 heteroatoms. The van der Waals surface area contributed by atoms with E-state index in [9.17, 15) is 14.4 Å². The van der Waals surface area contributed by atoms with E-state index in [4.69, 9.17) is 0 Å². The molecule has 1 atom stereocenters. The Morgan fingerprint density at radius 2 is 1.67 bits per heavy atom. The van der Waals surface area contributed by atoms with Crippen molar-refractivity contribution in [1.29, 1.82) is 0 Å². The molecule has 1 unspecified atom stereocenters. The molecule has 0 radical (unpaired) electrons. The van der Waals surface area contributed by atoms with Crippen LogP contribution in [0, 0.1) is 0 Å². The van der Waals surface area contributed by atoms with Crippen LogP contribution < -0.4 is 16.6 Å². The second-order valence-electron chi connectivity index (χ2n) is 6.90. The van der Waals surface area contributed by atoms with Gasteiger partial charge in [0, 0.05) is 5.56 Å². The molecular formula is C23H20N4O3. The number of pyridine rings is 1. The summed E-state index contributed by atoms with van der Waals surface area (Å²) in [6.45, 7) is 1.97. The lowest BCUT2D eigenvalue weighted by molar-refractivity contribution is 0.0937. The highest BCUT2D eigenvalue weighted by molar-refractivity contribution is 6.06. The Labute approximate surface area is 171 Å². The van der Waals surface area contributed by atoms with Crippen LogP contribution >= 0.6 is 0 Å². The van der Waals surface area contributed by atoms with Crippen LogP contribution in [0.2, 0.25) is 0 Å². The van der Waals surface area contributed by atoms with Crippen LogP contribution in [-0.4, -0.2) is 20.9 Å². The first-order valence-corrected chi connectivity index (χ1v) is 9.65.